The molecular formula is C23H22N4O3. The van der Waals surface area contributed by atoms with Crippen LogP contribution in [0.15, 0.2) is 72.9 Å². The monoisotopic (exact) mass is 402 g/mol. The number of nitrogens with zero attached hydrogens (tertiary/aromatic N) is 3. The second kappa shape index (κ2) is 8.65. The Morgan fingerprint density at radius 2 is 1.50 bits per heavy atom. The standard InChI is InChI=1S/C23H22N4O3/c24-22(28)17-6-9-19(10-7-17)26-12-14-27(15-13-26)23(29)18-8-11-21(25-16-18)30-20-4-2-1-3-5-20/h1-11,16H,12-15H2,(H2,24,28). The first-order valence-electron chi connectivity index (χ1n) is 9.73. The highest BCUT2D eigenvalue weighted by Crippen LogP contribution is 2.21. The number of pyridine rings is 1. The maximum absolute atomic E-state index is 12.8. The van der Waals surface area contributed by atoms with Crippen molar-refractivity contribution in [1.29, 1.82) is 0 Å². The van der Waals surface area contributed by atoms with E-state index in [0.717, 1.165) is 5.69 Å². The average Bonchev–Trinajstić information content (AvgIpc) is 2.80. The van der Waals surface area contributed by atoms with Gasteiger partial charge >= 0.3 is 0 Å². The highest BCUT2D eigenvalue weighted by Gasteiger charge is 2.22. The number of benzene rings is 2. The third-order valence-corrected chi connectivity index (χ3v) is 5.03. The molecule has 0 unspecified atom stereocenters. The predicted octanol–water partition coefficient (Wildman–Crippen LogP) is 2.94. The van der Waals surface area contributed by atoms with E-state index in [9.17, 15) is 9.59 Å². The zero-order valence-corrected chi connectivity index (χ0v) is 16.4. The zero-order valence-electron chi connectivity index (χ0n) is 16.4. The van der Waals surface area contributed by atoms with Gasteiger partial charge in [0.05, 0.1) is 5.56 Å². The van der Waals surface area contributed by atoms with Crippen LogP contribution in [0.1, 0.15) is 20.7 Å². The summed E-state index contributed by atoms with van der Waals surface area (Å²) in [6.45, 7) is 2.64. The SMILES string of the molecule is NC(=O)c1ccc(N2CCN(C(=O)c3ccc(Oc4ccccc4)nc3)CC2)cc1. The molecule has 1 aliphatic rings. The quantitative estimate of drug-likeness (QED) is 0.709. The predicted molar refractivity (Wildman–Crippen MR) is 114 cm³/mol. The first kappa shape index (κ1) is 19.4. The smallest absolute Gasteiger partial charge is 0.255 e. The number of rotatable bonds is 5. The summed E-state index contributed by atoms with van der Waals surface area (Å²) in [7, 11) is 0. The second-order valence-electron chi connectivity index (χ2n) is 6.99. The van der Waals surface area contributed by atoms with Crippen LogP contribution < -0.4 is 15.4 Å². The van der Waals surface area contributed by atoms with Gasteiger partial charge in [-0.25, -0.2) is 4.98 Å². The van der Waals surface area contributed by atoms with Crippen LogP contribution in [0.4, 0.5) is 5.69 Å². The number of anilines is 1. The van der Waals surface area contributed by atoms with Gasteiger partial charge in [0.25, 0.3) is 5.91 Å². The number of hydrogen-bond acceptors (Lipinski definition) is 5. The second-order valence-corrected chi connectivity index (χ2v) is 6.99. The Bertz CT molecular complexity index is 1010. The fraction of sp³-hybridized carbons (Fsp3) is 0.174. The number of nitrogens with two attached hydrogens (primary N) is 1. The lowest BCUT2D eigenvalue weighted by atomic mass is 10.1. The van der Waals surface area contributed by atoms with Gasteiger partial charge in [-0.3, -0.25) is 9.59 Å². The average molecular weight is 402 g/mol. The van der Waals surface area contributed by atoms with Gasteiger partial charge < -0.3 is 20.3 Å². The fourth-order valence-electron chi connectivity index (χ4n) is 3.36. The van der Waals surface area contributed by atoms with E-state index in [-0.39, 0.29) is 5.91 Å². The topological polar surface area (TPSA) is 88.8 Å². The van der Waals surface area contributed by atoms with E-state index in [4.69, 9.17) is 10.5 Å². The minimum Gasteiger partial charge on any atom is -0.439 e. The molecule has 0 spiro atoms. The summed E-state index contributed by atoms with van der Waals surface area (Å²) in [6.07, 6.45) is 1.55. The van der Waals surface area contributed by atoms with Gasteiger partial charge in [-0.1, -0.05) is 18.2 Å². The molecule has 1 aromatic heterocycles. The van der Waals surface area contributed by atoms with Crippen LogP contribution in [0.2, 0.25) is 0 Å². The Balaban J connectivity index is 1.34. The van der Waals surface area contributed by atoms with Crippen molar-refractivity contribution in [2.24, 2.45) is 5.73 Å². The number of ether oxygens (including phenoxy) is 1. The largest absolute Gasteiger partial charge is 0.439 e. The van der Waals surface area contributed by atoms with Crippen LogP contribution in [0, 0.1) is 0 Å². The van der Waals surface area contributed by atoms with Crippen molar-refractivity contribution in [3.63, 3.8) is 0 Å². The van der Waals surface area contributed by atoms with Gasteiger partial charge in [0.15, 0.2) is 0 Å². The van der Waals surface area contributed by atoms with Crippen LogP contribution in [0.5, 0.6) is 11.6 Å². The summed E-state index contributed by atoms with van der Waals surface area (Å²) in [5.41, 5.74) is 7.32. The van der Waals surface area contributed by atoms with Gasteiger partial charge in [-0.15, -0.1) is 0 Å². The van der Waals surface area contributed by atoms with Crippen LogP contribution in [0.25, 0.3) is 0 Å². The van der Waals surface area contributed by atoms with Gasteiger partial charge in [-0.05, 0) is 42.5 Å². The van der Waals surface area contributed by atoms with Crippen molar-refractivity contribution < 1.29 is 14.3 Å². The molecule has 0 atom stereocenters. The molecule has 0 aliphatic carbocycles. The van der Waals surface area contributed by atoms with E-state index in [0.29, 0.717) is 48.9 Å². The molecule has 1 saturated heterocycles. The minimum atomic E-state index is -0.439. The summed E-state index contributed by atoms with van der Waals surface area (Å²) in [4.78, 5) is 32.3. The summed E-state index contributed by atoms with van der Waals surface area (Å²) >= 11 is 0. The van der Waals surface area contributed by atoms with E-state index in [1.54, 1.807) is 30.5 Å². The molecule has 0 saturated carbocycles. The number of aromatic nitrogens is 1. The summed E-state index contributed by atoms with van der Waals surface area (Å²) < 4.78 is 5.67. The van der Waals surface area contributed by atoms with E-state index >= 15 is 0 Å². The number of amides is 2. The van der Waals surface area contributed by atoms with Crippen LogP contribution in [-0.4, -0.2) is 47.9 Å². The Labute approximate surface area is 174 Å². The van der Waals surface area contributed by atoms with Crippen molar-refractivity contribution >= 4 is 17.5 Å². The van der Waals surface area contributed by atoms with E-state index in [2.05, 4.69) is 9.88 Å². The Hall–Kier alpha value is -3.87. The molecule has 2 amide bonds. The molecule has 1 aliphatic heterocycles. The molecule has 2 heterocycles. The first-order chi connectivity index (χ1) is 14.6. The van der Waals surface area contributed by atoms with Gasteiger partial charge in [0, 0.05) is 49.7 Å². The van der Waals surface area contributed by atoms with Crippen molar-refractivity contribution in [3.05, 3.63) is 84.1 Å². The molecule has 0 radical (unpaired) electrons. The lowest BCUT2D eigenvalue weighted by Crippen LogP contribution is -2.48. The molecule has 2 aromatic carbocycles. The Morgan fingerprint density at radius 1 is 0.833 bits per heavy atom. The maximum Gasteiger partial charge on any atom is 0.255 e. The van der Waals surface area contributed by atoms with Crippen LogP contribution >= 0.6 is 0 Å². The third kappa shape index (κ3) is 4.41. The number of piperazine rings is 1. The molecule has 7 heteroatoms. The molecule has 7 nitrogen and oxygen atoms in total. The number of carbonyl (C=O) groups excluding carboxylic acids is 2. The minimum absolute atomic E-state index is 0.0440. The van der Waals surface area contributed by atoms with E-state index in [1.165, 1.54) is 0 Å². The summed E-state index contributed by atoms with van der Waals surface area (Å²) in [5, 5.41) is 0. The van der Waals surface area contributed by atoms with Gasteiger partial charge in [-0.2, -0.15) is 0 Å². The number of para-hydroxylation sites is 1. The number of hydrogen-bond donors (Lipinski definition) is 1. The molecule has 2 N–H and O–H groups in total. The molecule has 0 bridgehead atoms. The maximum atomic E-state index is 12.8. The van der Waals surface area contributed by atoms with Gasteiger partial charge in [0.2, 0.25) is 11.8 Å². The third-order valence-electron chi connectivity index (χ3n) is 5.03. The fourth-order valence-corrected chi connectivity index (χ4v) is 3.36. The molecule has 152 valence electrons. The lowest BCUT2D eigenvalue weighted by Gasteiger charge is -2.36. The molecular weight excluding hydrogens is 380 g/mol. The van der Waals surface area contributed by atoms with Crippen molar-refractivity contribution in [1.82, 2.24) is 9.88 Å². The highest BCUT2D eigenvalue weighted by atomic mass is 16.5. The van der Waals surface area contributed by atoms with Crippen molar-refractivity contribution in [3.8, 4) is 11.6 Å². The van der Waals surface area contributed by atoms with Crippen LogP contribution in [0.3, 0.4) is 0 Å². The summed E-state index contributed by atoms with van der Waals surface area (Å²) in [5.74, 6) is 0.661. The van der Waals surface area contributed by atoms with Crippen LogP contribution in [-0.2, 0) is 0 Å². The molecule has 3 aromatic rings. The summed E-state index contributed by atoms with van der Waals surface area (Å²) in [6, 6.07) is 20.0. The highest BCUT2D eigenvalue weighted by molar-refractivity contribution is 5.94. The number of primary amides is 1. The van der Waals surface area contributed by atoms with Crippen molar-refractivity contribution in [2.45, 2.75) is 0 Å². The van der Waals surface area contributed by atoms with E-state index in [1.807, 2.05) is 47.4 Å². The van der Waals surface area contributed by atoms with E-state index < -0.39 is 5.91 Å². The van der Waals surface area contributed by atoms with Crippen molar-refractivity contribution in [2.75, 3.05) is 31.1 Å². The molecule has 30 heavy (non-hydrogen) atoms. The zero-order chi connectivity index (χ0) is 20.9. The lowest BCUT2D eigenvalue weighted by molar-refractivity contribution is 0.0746. The Kier molecular flexibility index (Phi) is 5.61. The molecule has 1 fully saturated rings. The Morgan fingerprint density at radius 3 is 2.10 bits per heavy atom. The van der Waals surface area contributed by atoms with Gasteiger partial charge in [0.1, 0.15) is 5.75 Å². The normalized spacial score (nSPS) is 13.7. The number of carbonyl (C=O) groups is 2. The molecule has 4 rings (SSSR count). The first-order valence-corrected chi connectivity index (χ1v) is 9.73.